The van der Waals surface area contributed by atoms with E-state index in [0.717, 1.165) is 6.07 Å². The number of hydrogen-bond donors (Lipinski definition) is 0. The van der Waals surface area contributed by atoms with Gasteiger partial charge >= 0.3 is 12.1 Å². The molecule has 0 fully saturated rings. The van der Waals surface area contributed by atoms with Gasteiger partial charge in [-0.05, 0) is 17.7 Å². The van der Waals surface area contributed by atoms with E-state index in [1.165, 1.54) is 31.4 Å². The molecule has 1 rings (SSSR count). The van der Waals surface area contributed by atoms with Gasteiger partial charge < -0.3 is 4.74 Å². The van der Waals surface area contributed by atoms with E-state index in [4.69, 9.17) is 0 Å². The summed E-state index contributed by atoms with van der Waals surface area (Å²) in [5.41, 5.74) is -0.743. The van der Waals surface area contributed by atoms with Gasteiger partial charge in [-0.1, -0.05) is 34.1 Å². The highest BCUT2D eigenvalue weighted by molar-refractivity contribution is 9.10. The Kier molecular flexibility index (Phi) is 4.95. The van der Waals surface area contributed by atoms with Crippen LogP contribution in [0.15, 0.2) is 28.7 Å². The Balaban J connectivity index is 2.99. The lowest BCUT2D eigenvalue weighted by Gasteiger charge is -2.10. The predicted molar refractivity (Wildman–Crippen MR) is 64.8 cm³/mol. The molecule has 18 heavy (non-hydrogen) atoms. The van der Waals surface area contributed by atoms with E-state index in [2.05, 4.69) is 20.7 Å². The maximum atomic E-state index is 12.7. The van der Waals surface area contributed by atoms with Gasteiger partial charge in [0.05, 0.1) is 19.1 Å². The normalized spacial score (nSPS) is 11.8. The van der Waals surface area contributed by atoms with Crippen LogP contribution in [-0.4, -0.2) is 13.1 Å². The minimum atomic E-state index is -4.44. The first kappa shape index (κ1) is 14.8. The first-order valence-corrected chi connectivity index (χ1v) is 5.74. The van der Waals surface area contributed by atoms with Crippen molar-refractivity contribution in [2.75, 3.05) is 7.11 Å². The van der Waals surface area contributed by atoms with Crippen molar-refractivity contribution in [1.82, 2.24) is 0 Å². The number of rotatable bonds is 3. The van der Waals surface area contributed by atoms with Crippen molar-refractivity contribution in [3.63, 3.8) is 0 Å². The predicted octanol–water partition coefficient (Wildman–Crippen LogP) is 4.04. The fraction of sp³-hybridized carbons (Fsp3) is 0.250. The minimum Gasteiger partial charge on any atom is -0.469 e. The van der Waals surface area contributed by atoms with Crippen LogP contribution in [0.3, 0.4) is 0 Å². The van der Waals surface area contributed by atoms with Crippen LogP contribution in [0.5, 0.6) is 0 Å². The standard InChI is InChI=1S/C12H10BrF3O2/c1-18-11(17)4-2-3-8-5-6-9(13)7-10(8)12(14,15)16/h2-3,5-7H,4H2,1H3. The second-order valence-corrected chi connectivity index (χ2v) is 4.33. The molecule has 0 amide bonds. The molecule has 0 radical (unpaired) electrons. The SMILES string of the molecule is COC(=O)CC=Cc1ccc(Br)cc1C(F)(F)F. The van der Waals surface area contributed by atoms with Crippen LogP contribution in [0.25, 0.3) is 6.08 Å². The molecule has 98 valence electrons. The summed E-state index contributed by atoms with van der Waals surface area (Å²) in [6.45, 7) is 0. The van der Waals surface area contributed by atoms with Crippen LogP contribution in [0.2, 0.25) is 0 Å². The molecular formula is C12H10BrF3O2. The maximum Gasteiger partial charge on any atom is 0.417 e. The molecule has 0 saturated carbocycles. The van der Waals surface area contributed by atoms with Gasteiger partial charge in [-0.25, -0.2) is 0 Å². The number of carbonyl (C=O) groups excluding carboxylic acids is 1. The summed E-state index contributed by atoms with van der Waals surface area (Å²) in [6, 6.07) is 3.84. The van der Waals surface area contributed by atoms with Crippen LogP contribution in [-0.2, 0) is 15.7 Å². The molecule has 1 aromatic rings. The van der Waals surface area contributed by atoms with Gasteiger partial charge in [0.1, 0.15) is 0 Å². The Labute approximate surface area is 111 Å². The van der Waals surface area contributed by atoms with E-state index >= 15 is 0 Å². The van der Waals surface area contributed by atoms with E-state index in [-0.39, 0.29) is 12.0 Å². The second kappa shape index (κ2) is 6.04. The van der Waals surface area contributed by atoms with Gasteiger partial charge in [0.2, 0.25) is 0 Å². The van der Waals surface area contributed by atoms with Crippen molar-refractivity contribution in [3.8, 4) is 0 Å². The number of methoxy groups -OCH3 is 1. The Morgan fingerprint density at radius 2 is 2.11 bits per heavy atom. The summed E-state index contributed by atoms with van der Waals surface area (Å²) >= 11 is 2.99. The molecule has 6 heteroatoms. The van der Waals surface area contributed by atoms with Crippen LogP contribution >= 0.6 is 15.9 Å². The van der Waals surface area contributed by atoms with Crippen LogP contribution in [0.1, 0.15) is 17.5 Å². The number of alkyl halides is 3. The van der Waals surface area contributed by atoms with Gasteiger partial charge in [-0.3, -0.25) is 4.79 Å². The van der Waals surface area contributed by atoms with E-state index in [0.29, 0.717) is 4.47 Å². The fourth-order valence-electron chi connectivity index (χ4n) is 1.28. The van der Waals surface area contributed by atoms with E-state index in [1.807, 2.05) is 0 Å². The lowest BCUT2D eigenvalue weighted by Crippen LogP contribution is -2.07. The lowest BCUT2D eigenvalue weighted by molar-refractivity contribution is -0.139. The second-order valence-electron chi connectivity index (χ2n) is 3.41. The van der Waals surface area contributed by atoms with Crippen molar-refractivity contribution in [1.29, 1.82) is 0 Å². The van der Waals surface area contributed by atoms with Gasteiger partial charge in [0.25, 0.3) is 0 Å². The third-order valence-electron chi connectivity index (χ3n) is 2.13. The number of ether oxygens (including phenoxy) is 1. The monoisotopic (exact) mass is 322 g/mol. The van der Waals surface area contributed by atoms with Crippen LogP contribution < -0.4 is 0 Å². The molecule has 1 aromatic carbocycles. The Morgan fingerprint density at radius 3 is 2.67 bits per heavy atom. The summed E-state index contributed by atoms with van der Waals surface area (Å²) in [6.07, 6.45) is -1.91. The third kappa shape index (κ3) is 4.18. The Bertz CT molecular complexity index is 467. The molecule has 0 bridgehead atoms. The summed E-state index contributed by atoms with van der Waals surface area (Å²) in [5, 5.41) is 0. The number of esters is 1. The van der Waals surface area contributed by atoms with Crippen LogP contribution in [0.4, 0.5) is 13.2 Å². The number of halogens is 4. The fourth-order valence-corrected chi connectivity index (χ4v) is 1.65. The molecule has 0 aromatic heterocycles. The largest absolute Gasteiger partial charge is 0.469 e. The molecule has 0 spiro atoms. The summed E-state index contributed by atoms with van der Waals surface area (Å²) < 4.78 is 42.9. The number of hydrogen-bond acceptors (Lipinski definition) is 2. The van der Waals surface area contributed by atoms with Crippen molar-refractivity contribution < 1.29 is 22.7 Å². The minimum absolute atomic E-state index is 0.00889. The Hall–Kier alpha value is -1.30. The summed E-state index contributed by atoms with van der Waals surface area (Å²) in [5.74, 6) is -0.503. The molecule has 0 aliphatic rings. The first-order valence-electron chi connectivity index (χ1n) is 4.94. The Morgan fingerprint density at radius 1 is 1.44 bits per heavy atom. The van der Waals surface area contributed by atoms with E-state index in [9.17, 15) is 18.0 Å². The number of carbonyl (C=O) groups is 1. The summed E-state index contributed by atoms with van der Waals surface area (Å²) in [4.78, 5) is 10.8. The van der Waals surface area contributed by atoms with E-state index in [1.54, 1.807) is 0 Å². The first-order chi connectivity index (χ1) is 8.34. The molecule has 0 aliphatic heterocycles. The average molecular weight is 323 g/mol. The molecule has 2 nitrogen and oxygen atoms in total. The van der Waals surface area contributed by atoms with Gasteiger partial charge in [0, 0.05) is 4.47 Å². The topological polar surface area (TPSA) is 26.3 Å². The van der Waals surface area contributed by atoms with Gasteiger partial charge in [-0.2, -0.15) is 13.2 Å². The lowest BCUT2D eigenvalue weighted by atomic mass is 10.1. The summed E-state index contributed by atoms with van der Waals surface area (Å²) in [7, 11) is 1.22. The molecule has 0 unspecified atom stereocenters. The maximum absolute atomic E-state index is 12.7. The highest BCUT2D eigenvalue weighted by Crippen LogP contribution is 2.34. The smallest absolute Gasteiger partial charge is 0.417 e. The molecule has 0 atom stereocenters. The molecule has 0 N–H and O–H groups in total. The molecule has 0 heterocycles. The zero-order valence-corrected chi connectivity index (χ0v) is 11.0. The highest BCUT2D eigenvalue weighted by Gasteiger charge is 2.32. The highest BCUT2D eigenvalue weighted by atomic mass is 79.9. The average Bonchev–Trinajstić information content (AvgIpc) is 2.29. The van der Waals surface area contributed by atoms with Crippen molar-refractivity contribution in [2.24, 2.45) is 0 Å². The van der Waals surface area contributed by atoms with Gasteiger partial charge in [0.15, 0.2) is 0 Å². The third-order valence-corrected chi connectivity index (χ3v) is 2.62. The molecule has 0 aliphatic carbocycles. The van der Waals surface area contributed by atoms with Crippen LogP contribution in [0, 0.1) is 0 Å². The van der Waals surface area contributed by atoms with E-state index < -0.39 is 17.7 Å². The van der Waals surface area contributed by atoms with Gasteiger partial charge in [-0.15, -0.1) is 0 Å². The quantitative estimate of drug-likeness (QED) is 0.785. The zero-order valence-electron chi connectivity index (χ0n) is 9.42. The van der Waals surface area contributed by atoms with Crippen molar-refractivity contribution in [2.45, 2.75) is 12.6 Å². The number of benzene rings is 1. The zero-order chi connectivity index (χ0) is 13.8. The van der Waals surface area contributed by atoms with Crippen molar-refractivity contribution in [3.05, 3.63) is 39.9 Å². The molecular weight excluding hydrogens is 313 g/mol. The molecule has 0 saturated heterocycles. The van der Waals surface area contributed by atoms with Crippen molar-refractivity contribution >= 4 is 28.0 Å².